The molecule has 0 aliphatic carbocycles. The summed E-state index contributed by atoms with van der Waals surface area (Å²) in [6.07, 6.45) is 0.759. The van der Waals surface area contributed by atoms with Crippen LogP contribution in [0.15, 0.2) is 42.5 Å². The molecular formula is C19H21Cl2N3O3. The molecule has 27 heavy (non-hydrogen) atoms. The van der Waals surface area contributed by atoms with Crippen molar-refractivity contribution in [3.63, 3.8) is 0 Å². The van der Waals surface area contributed by atoms with Crippen molar-refractivity contribution >= 4 is 46.4 Å². The fraction of sp³-hybridized carbons (Fsp3) is 0.263. The Balaban J connectivity index is 1.80. The first-order chi connectivity index (χ1) is 13.0. The first kappa shape index (κ1) is 21.0. The van der Waals surface area contributed by atoms with Crippen LogP contribution >= 0.6 is 23.2 Å². The van der Waals surface area contributed by atoms with Crippen molar-refractivity contribution in [3.05, 3.63) is 58.1 Å². The lowest BCUT2D eigenvalue weighted by atomic mass is 10.2. The minimum absolute atomic E-state index is 0.0622. The number of carbonyl (C=O) groups excluding carboxylic acids is 2. The van der Waals surface area contributed by atoms with Crippen molar-refractivity contribution in [2.75, 3.05) is 37.4 Å². The topological polar surface area (TPSA) is 79.5 Å². The van der Waals surface area contributed by atoms with Crippen molar-refractivity contribution in [2.45, 2.75) is 6.42 Å². The molecule has 0 saturated heterocycles. The molecule has 8 heteroatoms. The van der Waals surface area contributed by atoms with Crippen LogP contribution in [0.4, 0.5) is 11.4 Å². The highest BCUT2D eigenvalue weighted by Gasteiger charge is 2.07. The van der Waals surface area contributed by atoms with E-state index in [0.717, 1.165) is 12.1 Å². The molecule has 0 unspecified atom stereocenters. The van der Waals surface area contributed by atoms with Crippen LogP contribution in [-0.4, -0.2) is 38.6 Å². The van der Waals surface area contributed by atoms with Crippen LogP contribution in [0.3, 0.4) is 0 Å². The summed E-state index contributed by atoms with van der Waals surface area (Å²) >= 11 is 11.8. The maximum atomic E-state index is 12.0. The van der Waals surface area contributed by atoms with Crippen molar-refractivity contribution in [2.24, 2.45) is 0 Å². The number of benzene rings is 2. The van der Waals surface area contributed by atoms with Gasteiger partial charge in [-0.3, -0.25) is 9.59 Å². The van der Waals surface area contributed by atoms with E-state index in [2.05, 4.69) is 16.0 Å². The van der Waals surface area contributed by atoms with Crippen molar-refractivity contribution in [3.8, 4) is 0 Å². The molecule has 2 rings (SSSR count). The lowest BCUT2D eigenvalue weighted by molar-refractivity contribution is -0.114. The maximum absolute atomic E-state index is 12.0. The summed E-state index contributed by atoms with van der Waals surface area (Å²) in [5.41, 5.74) is 1.81. The maximum Gasteiger partial charge on any atom is 0.251 e. The number of anilines is 2. The van der Waals surface area contributed by atoms with Gasteiger partial charge in [-0.15, -0.1) is 0 Å². The van der Waals surface area contributed by atoms with Gasteiger partial charge in [-0.2, -0.15) is 0 Å². The van der Waals surface area contributed by atoms with Gasteiger partial charge >= 0.3 is 0 Å². The number of carbonyl (C=O) groups is 2. The average Bonchev–Trinajstić information content (AvgIpc) is 2.63. The van der Waals surface area contributed by atoms with Crippen LogP contribution in [-0.2, 0) is 9.53 Å². The third-order valence-corrected chi connectivity index (χ3v) is 3.99. The Labute approximate surface area is 168 Å². The molecule has 3 N–H and O–H groups in total. The second-order valence-corrected chi connectivity index (χ2v) is 6.61. The number of hydrogen-bond donors (Lipinski definition) is 3. The second kappa shape index (κ2) is 10.8. The number of halogens is 2. The first-order valence-corrected chi connectivity index (χ1v) is 9.10. The number of amides is 2. The Kier molecular flexibility index (Phi) is 8.39. The Morgan fingerprint density at radius 1 is 1.00 bits per heavy atom. The Morgan fingerprint density at radius 3 is 2.30 bits per heavy atom. The highest BCUT2D eigenvalue weighted by atomic mass is 35.5. The van der Waals surface area contributed by atoms with E-state index < -0.39 is 0 Å². The molecule has 0 aliphatic heterocycles. The van der Waals surface area contributed by atoms with Crippen molar-refractivity contribution < 1.29 is 14.3 Å². The molecule has 0 atom stereocenters. The summed E-state index contributed by atoms with van der Waals surface area (Å²) in [6.45, 7) is 1.22. The molecule has 0 spiro atoms. The minimum Gasteiger partial charge on any atom is -0.385 e. The lowest BCUT2D eigenvalue weighted by Gasteiger charge is -2.09. The number of hydrogen-bond acceptors (Lipinski definition) is 4. The summed E-state index contributed by atoms with van der Waals surface area (Å²) < 4.78 is 4.94. The van der Waals surface area contributed by atoms with Gasteiger partial charge in [0.15, 0.2) is 0 Å². The van der Waals surface area contributed by atoms with E-state index in [1.54, 1.807) is 49.6 Å². The highest BCUT2D eigenvalue weighted by Crippen LogP contribution is 2.22. The van der Waals surface area contributed by atoms with E-state index in [4.69, 9.17) is 27.9 Å². The van der Waals surface area contributed by atoms with E-state index in [-0.39, 0.29) is 18.4 Å². The fourth-order valence-corrected chi connectivity index (χ4v) is 2.80. The molecule has 0 fully saturated rings. The normalized spacial score (nSPS) is 10.3. The van der Waals surface area contributed by atoms with Gasteiger partial charge in [0.05, 0.1) is 6.54 Å². The summed E-state index contributed by atoms with van der Waals surface area (Å²) in [5, 5.41) is 9.41. The van der Waals surface area contributed by atoms with Crippen molar-refractivity contribution in [1.29, 1.82) is 0 Å². The number of rotatable bonds is 9. The molecular weight excluding hydrogens is 389 g/mol. The molecule has 0 aromatic heterocycles. The van der Waals surface area contributed by atoms with Gasteiger partial charge in [0.25, 0.3) is 5.91 Å². The van der Waals surface area contributed by atoms with E-state index in [0.29, 0.717) is 34.4 Å². The van der Waals surface area contributed by atoms with Gasteiger partial charge in [0.1, 0.15) is 0 Å². The number of nitrogens with one attached hydrogen (secondary N) is 3. The summed E-state index contributed by atoms with van der Waals surface area (Å²) in [4.78, 5) is 24.0. The molecule has 0 radical (unpaired) electrons. The van der Waals surface area contributed by atoms with Crippen LogP contribution in [0.1, 0.15) is 16.8 Å². The molecule has 6 nitrogen and oxygen atoms in total. The van der Waals surface area contributed by atoms with E-state index in [1.165, 1.54) is 0 Å². The van der Waals surface area contributed by atoms with Crippen molar-refractivity contribution in [1.82, 2.24) is 5.32 Å². The zero-order chi connectivity index (χ0) is 19.6. The zero-order valence-corrected chi connectivity index (χ0v) is 16.4. The summed E-state index contributed by atoms with van der Waals surface area (Å²) in [6, 6.07) is 11.7. The standard InChI is InChI=1S/C19H21Cl2N3O3/c1-27-8-2-7-22-19(26)13-3-5-16(6-4-13)23-12-18(25)24-17-10-14(20)9-15(21)11-17/h3-6,9-11,23H,2,7-8,12H2,1H3,(H,22,26)(H,24,25). The average molecular weight is 410 g/mol. The Hall–Kier alpha value is -2.28. The number of methoxy groups -OCH3 is 1. The molecule has 0 bridgehead atoms. The molecule has 144 valence electrons. The second-order valence-electron chi connectivity index (χ2n) is 5.74. The first-order valence-electron chi connectivity index (χ1n) is 8.35. The monoisotopic (exact) mass is 409 g/mol. The molecule has 2 aromatic rings. The quantitative estimate of drug-likeness (QED) is 0.550. The van der Waals surface area contributed by atoms with Gasteiger partial charge in [0, 0.05) is 47.2 Å². The largest absolute Gasteiger partial charge is 0.385 e. The molecule has 0 aliphatic rings. The van der Waals surface area contributed by atoms with E-state index in [1.807, 2.05) is 0 Å². The highest BCUT2D eigenvalue weighted by molar-refractivity contribution is 6.35. The van der Waals surface area contributed by atoms with Crippen LogP contribution in [0.2, 0.25) is 10.0 Å². The number of ether oxygens (including phenoxy) is 1. The third kappa shape index (κ3) is 7.46. The van der Waals surface area contributed by atoms with Gasteiger partial charge in [-0.05, 0) is 48.9 Å². The molecule has 2 amide bonds. The summed E-state index contributed by atoms with van der Waals surface area (Å²) in [5.74, 6) is -0.387. The minimum atomic E-state index is -0.242. The SMILES string of the molecule is COCCCNC(=O)c1ccc(NCC(=O)Nc2cc(Cl)cc(Cl)c2)cc1. The van der Waals surface area contributed by atoms with Gasteiger partial charge in [-0.1, -0.05) is 23.2 Å². The molecule has 2 aromatic carbocycles. The smallest absolute Gasteiger partial charge is 0.251 e. The Bertz CT molecular complexity index is 762. The van der Waals surface area contributed by atoms with Crippen LogP contribution < -0.4 is 16.0 Å². The summed E-state index contributed by atoms with van der Waals surface area (Å²) in [7, 11) is 1.62. The predicted molar refractivity (Wildman–Crippen MR) is 109 cm³/mol. The lowest BCUT2D eigenvalue weighted by Crippen LogP contribution is -2.25. The van der Waals surface area contributed by atoms with Gasteiger partial charge < -0.3 is 20.7 Å². The molecule has 0 heterocycles. The van der Waals surface area contributed by atoms with Gasteiger partial charge in [-0.25, -0.2) is 0 Å². The van der Waals surface area contributed by atoms with Crippen LogP contribution in [0.5, 0.6) is 0 Å². The van der Waals surface area contributed by atoms with Gasteiger partial charge in [0.2, 0.25) is 5.91 Å². The van der Waals surface area contributed by atoms with E-state index >= 15 is 0 Å². The fourth-order valence-electron chi connectivity index (χ4n) is 2.27. The third-order valence-electron chi connectivity index (χ3n) is 3.56. The predicted octanol–water partition coefficient (Wildman–Crippen LogP) is 3.81. The van der Waals surface area contributed by atoms with E-state index in [9.17, 15) is 9.59 Å². The molecule has 0 saturated carbocycles. The van der Waals surface area contributed by atoms with Crippen LogP contribution in [0, 0.1) is 0 Å². The van der Waals surface area contributed by atoms with Crippen LogP contribution in [0.25, 0.3) is 0 Å². The Morgan fingerprint density at radius 2 is 1.67 bits per heavy atom. The zero-order valence-electron chi connectivity index (χ0n) is 14.9.